The number of nitrogens with one attached hydrogen (secondary N) is 1. The number of anilines is 3. The van der Waals surface area contributed by atoms with Crippen molar-refractivity contribution < 1.29 is 22.7 Å². The average molecular weight is 422 g/mol. The van der Waals surface area contributed by atoms with Crippen LogP contribution in [0.4, 0.5) is 35.2 Å². The molecule has 1 N–H and O–H groups in total. The predicted molar refractivity (Wildman–Crippen MR) is 109 cm³/mol. The molecule has 1 aliphatic heterocycles. The molecule has 0 bridgehead atoms. The number of carbonyl (C=O) groups is 1. The lowest BCUT2D eigenvalue weighted by Crippen LogP contribution is -2.49. The fourth-order valence-electron chi connectivity index (χ4n) is 3.15. The Morgan fingerprint density at radius 1 is 1.13 bits per heavy atom. The molecule has 30 heavy (non-hydrogen) atoms. The molecule has 0 spiro atoms. The molecular weight excluding hydrogens is 397 g/mol. The topological polar surface area (TPSA) is 57.7 Å². The predicted octanol–water partition coefficient (Wildman–Crippen LogP) is 4.90. The molecule has 0 saturated carbocycles. The Hall–Kier alpha value is -2.97. The first kappa shape index (κ1) is 21.7. The van der Waals surface area contributed by atoms with Gasteiger partial charge in [-0.3, -0.25) is 0 Å². The van der Waals surface area contributed by atoms with Gasteiger partial charge in [-0.15, -0.1) is 0 Å². The van der Waals surface area contributed by atoms with Crippen LogP contribution in [0.15, 0.2) is 42.6 Å². The number of carbonyl (C=O) groups excluding carboxylic acids is 1. The highest BCUT2D eigenvalue weighted by atomic mass is 19.4. The van der Waals surface area contributed by atoms with Crippen LogP contribution in [0.1, 0.15) is 25.3 Å². The van der Waals surface area contributed by atoms with E-state index in [2.05, 4.69) is 15.2 Å². The number of piperazine rings is 1. The number of pyridine rings is 1. The molecule has 9 heteroatoms. The number of alkyl halides is 3. The second-order valence-electron chi connectivity index (χ2n) is 7.01. The van der Waals surface area contributed by atoms with Crippen molar-refractivity contribution in [1.29, 1.82) is 0 Å². The van der Waals surface area contributed by atoms with Crippen LogP contribution in [0.5, 0.6) is 0 Å². The number of unbranched alkanes of at least 4 members (excludes halogenated alkanes) is 1. The molecule has 1 fully saturated rings. The van der Waals surface area contributed by atoms with E-state index in [0.717, 1.165) is 30.7 Å². The van der Waals surface area contributed by atoms with Crippen LogP contribution in [-0.2, 0) is 10.9 Å². The fourth-order valence-corrected chi connectivity index (χ4v) is 3.15. The van der Waals surface area contributed by atoms with Gasteiger partial charge in [-0.25, -0.2) is 9.78 Å². The van der Waals surface area contributed by atoms with Crippen molar-refractivity contribution in [3.63, 3.8) is 0 Å². The van der Waals surface area contributed by atoms with Crippen LogP contribution >= 0.6 is 0 Å². The molecule has 0 radical (unpaired) electrons. The highest BCUT2D eigenvalue weighted by Gasteiger charge is 2.30. The first-order valence-corrected chi connectivity index (χ1v) is 9.94. The molecule has 6 nitrogen and oxygen atoms in total. The van der Waals surface area contributed by atoms with E-state index in [1.807, 2.05) is 13.0 Å². The molecule has 1 aromatic heterocycles. The molecule has 2 aromatic rings. The van der Waals surface area contributed by atoms with Crippen molar-refractivity contribution in [2.45, 2.75) is 25.9 Å². The molecule has 1 aromatic carbocycles. The number of hydrogen-bond acceptors (Lipinski definition) is 5. The number of halogens is 3. The Morgan fingerprint density at radius 3 is 2.47 bits per heavy atom. The summed E-state index contributed by atoms with van der Waals surface area (Å²) >= 11 is 0. The minimum absolute atomic E-state index is 0.294. The lowest BCUT2D eigenvalue weighted by atomic mass is 10.2. The summed E-state index contributed by atoms with van der Waals surface area (Å²) in [6.07, 6.45) is -1.22. The van der Waals surface area contributed by atoms with Crippen molar-refractivity contribution in [2.75, 3.05) is 43.0 Å². The largest absolute Gasteiger partial charge is 0.449 e. The Balaban J connectivity index is 1.63. The summed E-state index contributed by atoms with van der Waals surface area (Å²) < 4.78 is 43.5. The van der Waals surface area contributed by atoms with Crippen molar-refractivity contribution in [3.8, 4) is 0 Å². The average Bonchev–Trinajstić information content (AvgIpc) is 2.74. The zero-order valence-corrected chi connectivity index (χ0v) is 16.8. The second kappa shape index (κ2) is 9.69. The van der Waals surface area contributed by atoms with E-state index >= 15 is 0 Å². The van der Waals surface area contributed by atoms with Crippen LogP contribution in [0.25, 0.3) is 0 Å². The van der Waals surface area contributed by atoms with E-state index in [1.54, 1.807) is 17.2 Å². The standard InChI is InChI=1S/C21H25F3N4O2/c1-2-3-15-30-20(29)28-13-11-27(12-14-28)18-5-4-10-25-19(18)26-17-8-6-16(7-9-17)21(22,23)24/h4-10H,2-3,11-15H2,1H3,(H,25,26). The summed E-state index contributed by atoms with van der Waals surface area (Å²) in [4.78, 5) is 20.2. The van der Waals surface area contributed by atoms with E-state index < -0.39 is 11.7 Å². The zero-order chi connectivity index (χ0) is 21.6. The molecule has 1 saturated heterocycles. The molecule has 1 aliphatic rings. The van der Waals surface area contributed by atoms with Gasteiger partial charge in [0.15, 0.2) is 5.82 Å². The van der Waals surface area contributed by atoms with Crippen LogP contribution in [0.3, 0.4) is 0 Å². The van der Waals surface area contributed by atoms with Crippen molar-refractivity contribution in [1.82, 2.24) is 9.88 Å². The van der Waals surface area contributed by atoms with Crippen molar-refractivity contribution >= 4 is 23.3 Å². The van der Waals surface area contributed by atoms with Gasteiger partial charge in [0.05, 0.1) is 17.9 Å². The van der Waals surface area contributed by atoms with Gasteiger partial charge >= 0.3 is 12.3 Å². The van der Waals surface area contributed by atoms with E-state index in [4.69, 9.17) is 4.74 Å². The van der Waals surface area contributed by atoms with E-state index in [0.29, 0.717) is 44.3 Å². The highest BCUT2D eigenvalue weighted by Crippen LogP contribution is 2.32. The van der Waals surface area contributed by atoms with Gasteiger partial charge in [-0.05, 0) is 42.8 Å². The minimum atomic E-state index is -4.37. The maximum Gasteiger partial charge on any atom is 0.416 e. The number of hydrogen-bond donors (Lipinski definition) is 1. The van der Waals surface area contributed by atoms with Gasteiger partial charge in [-0.2, -0.15) is 13.2 Å². The molecule has 2 heterocycles. The first-order valence-electron chi connectivity index (χ1n) is 9.94. The summed E-state index contributed by atoms with van der Waals surface area (Å²) in [6, 6.07) is 8.53. The van der Waals surface area contributed by atoms with Crippen LogP contribution < -0.4 is 10.2 Å². The molecular formula is C21H25F3N4O2. The normalized spacial score (nSPS) is 14.5. The highest BCUT2D eigenvalue weighted by molar-refractivity contribution is 5.72. The number of ether oxygens (including phenoxy) is 1. The monoisotopic (exact) mass is 422 g/mol. The third-order valence-corrected chi connectivity index (χ3v) is 4.86. The third-order valence-electron chi connectivity index (χ3n) is 4.86. The Bertz CT molecular complexity index is 835. The van der Waals surface area contributed by atoms with Gasteiger partial charge in [0.25, 0.3) is 0 Å². The molecule has 3 rings (SSSR count). The fraction of sp³-hybridized carbons (Fsp3) is 0.429. The van der Waals surface area contributed by atoms with Gasteiger partial charge in [0.2, 0.25) is 0 Å². The maximum absolute atomic E-state index is 12.8. The number of nitrogens with zero attached hydrogens (tertiary/aromatic N) is 3. The molecule has 162 valence electrons. The molecule has 0 atom stereocenters. The Labute approximate surface area is 173 Å². The number of benzene rings is 1. The third kappa shape index (κ3) is 5.55. The lowest BCUT2D eigenvalue weighted by Gasteiger charge is -2.36. The quantitative estimate of drug-likeness (QED) is 0.671. The Morgan fingerprint density at radius 2 is 1.83 bits per heavy atom. The molecule has 1 amide bonds. The summed E-state index contributed by atoms with van der Waals surface area (Å²) in [5.74, 6) is 0.552. The van der Waals surface area contributed by atoms with Crippen LogP contribution in [0, 0.1) is 0 Å². The number of rotatable bonds is 6. The smallest absolute Gasteiger partial charge is 0.416 e. The SMILES string of the molecule is CCCCOC(=O)N1CCN(c2cccnc2Nc2ccc(C(F)(F)F)cc2)CC1. The molecule has 0 aliphatic carbocycles. The lowest BCUT2D eigenvalue weighted by molar-refractivity contribution is -0.137. The van der Waals surface area contributed by atoms with Gasteiger partial charge in [0.1, 0.15) is 0 Å². The molecule has 0 unspecified atom stereocenters. The first-order chi connectivity index (χ1) is 14.4. The number of aromatic nitrogens is 1. The van der Waals surface area contributed by atoms with Gasteiger partial charge < -0.3 is 19.9 Å². The van der Waals surface area contributed by atoms with E-state index in [9.17, 15) is 18.0 Å². The van der Waals surface area contributed by atoms with Crippen LogP contribution in [0.2, 0.25) is 0 Å². The Kier molecular flexibility index (Phi) is 7.02. The zero-order valence-electron chi connectivity index (χ0n) is 16.8. The van der Waals surface area contributed by atoms with Gasteiger partial charge in [-0.1, -0.05) is 13.3 Å². The summed E-state index contributed by atoms with van der Waals surface area (Å²) in [7, 11) is 0. The summed E-state index contributed by atoms with van der Waals surface area (Å²) in [5.41, 5.74) is 0.647. The van der Waals surface area contributed by atoms with Gasteiger partial charge in [0, 0.05) is 38.1 Å². The van der Waals surface area contributed by atoms with Crippen molar-refractivity contribution in [3.05, 3.63) is 48.2 Å². The number of amides is 1. The maximum atomic E-state index is 12.8. The van der Waals surface area contributed by atoms with E-state index in [-0.39, 0.29) is 6.09 Å². The van der Waals surface area contributed by atoms with E-state index in [1.165, 1.54) is 12.1 Å². The van der Waals surface area contributed by atoms with Crippen LogP contribution in [-0.4, -0.2) is 48.8 Å². The summed E-state index contributed by atoms with van der Waals surface area (Å²) in [6.45, 7) is 4.74. The minimum Gasteiger partial charge on any atom is -0.449 e. The summed E-state index contributed by atoms with van der Waals surface area (Å²) in [5, 5.41) is 3.09. The van der Waals surface area contributed by atoms with Crippen molar-refractivity contribution in [2.24, 2.45) is 0 Å². The second-order valence-corrected chi connectivity index (χ2v) is 7.01.